The maximum atomic E-state index is 12.5. The van der Waals surface area contributed by atoms with E-state index in [2.05, 4.69) is 0 Å². The molecule has 0 spiro atoms. The Kier molecular flexibility index (Phi) is 24.5. The Bertz CT molecular complexity index is 1900. The van der Waals surface area contributed by atoms with Crippen LogP contribution in [-0.2, 0) is 71.4 Å². The molecule has 9 rings (SSSR count). The van der Waals surface area contributed by atoms with Gasteiger partial charge in [0, 0.05) is 17.8 Å². The molecule has 6 bridgehead atoms. The van der Waals surface area contributed by atoms with E-state index < -0.39 is 5.41 Å². The van der Waals surface area contributed by atoms with Crippen molar-refractivity contribution in [1.29, 1.82) is 0 Å². The normalized spacial score (nSPS) is 32.2. The van der Waals surface area contributed by atoms with Crippen molar-refractivity contribution in [3.63, 3.8) is 0 Å². The summed E-state index contributed by atoms with van der Waals surface area (Å²) in [6.07, 6.45) is 28.9. The summed E-state index contributed by atoms with van der Waals surface area (Å²) in [5.41, 5.74) is -0.467. The van der Waals surface area contributed by atoms with E-state index in [-0.39, 0.29) is 128 Å². The van der Waals surface area contributed by atoms with Gasteiger partial charge in [-0.1, -0.05) is 92.4 Å². The van der Waals surface area contributed by atoms with Crippen molar-refractivity contribution in [2.24, 2.45) is 82.3 Å². The molecule has 0 N–H and O–H groups in total. The summed E-state index contributed by atoms with van der Waals surface area (Å²) in [7, 11) is 0. The zero-order chi connectivity index (χ0) is 55.8. The van der Waals surface area contributed by atoms with E-state index in [1.165, 1.54) is 83.5 Å². The summed E-state index contributed by atoms with van der Waals surface area (Å²) in [6, 6.07) is 0. The molecule has 9 fully saturated rings. The summed E-state index contributed by atoms with van der Waals surface area (Å²) in [4.78, 5) is 74.0. The van der Waals surface area contributed by atoms with Crippen molar-refractivity contribution in [2.45, 2.75) is 246 Å². The molecule has 0 aromatic rings. The molecule has 14 unspecified atom stereocenters. The highest BCUT2D eigenvalue weighted by Crippen LogP contribution is 2.53. The molecule has 0 aromatic carbocycles. The Morgan fingerprint density at radius 3 is 1.17 bits per heavy atom. The van der Waals surface area contributed by atoms with Crippen LogP contribution in [0.3, 0.4) is 0 Å². The quantitative estimate of drug-likeness (QED) is 0.0407. The summed E-state index contributed by atoms with van der Waals surface area (Å²) >= 11 is 0. The highest BCUT2D eigenvalue weighted by Gasteiger charge is 2.54. The van der Waals surface area contributed by atoms with Crippen LogP contribution in [0, 0.1) is 82.3 Å². The van der Waals surface area contributed by atoms with Gasteiger partial charge < -0.3 is 42.6 Å². The summed E-state index contributed by atoms with van der Waals surface area (Å²) in [5.74, 6) is 1.52. The second-order valence-corrected chi connectivity index (χ2v) is 26.2. The molecule has 444 valence electrons. The molecule has 0 saturated heterocycles. The van der Waals surface area contributed by atoms with E-state index in [0.717, 1.165) is 89.9 Å². The zero-order valence-corrected chi connectivity index (χ0v) is 49.1. The van der Waals surface area contributed by atoms with Crippen LogP contribution in [-0.4, -0.2) is 93.8 Å². The van der Waals surface area contributed by atoms with E-state index in [4.69, 9.17) is 42.6 Å². The lowest BCUT2D eigenvalue weighted by Crippen LogP contribution is -2.37. The van der Waals surface area contributed by atoms with Crippen LogP contribution in [0.1, 0.15) is 222 Å². The van der Waals surface area contributed by atoms with Crippen LogP contribution >= 0.6 is 0 Å². The average molecular weight is 1100 g/mol. The molecule has 14 atom stereocenters. The van der Waals surface area contributed by atoms with Gasteiger partial charge in [0.05, 0.1) is 54.3 Å². The third-order valence-corrected chi connectivity index (χ3v) is 20.2. The molecule has 9 aliphatic carbocycles. The molecular weight excluding hydrogens is 997 g/mol. The number of ether oxygens (including phenoxy) is 9. The molecule has 0 heterocycles. The monoisotopic (exact) mass is 1100 g/mol. The van der Waals surface area contributed by atoms with Crippen LogP contribution in [0.2, 0.25) is 0 Å². The number of hydrogen-bond acceptors (Lipinski definition) is 15. The molecule has 15 nitrogen and oxygen atoms in total. The second-order valence-electron chi connectivity index (χ2n) is 26.2. The SMILES string of the molecule is CCC(C)(C)C(=O)OC1CC2CC(C(=O)OCOCC3CCCCC3)C1C2.CCC(C)C(=O)OC1CC2CC(C(=O)OCOC3CCCCC3)C1C2.CCC(C)C(=O)OC1CC2CC(C(=O)OCOCC3CCCCC3)C1C2. The highest BCUT2D eigenvalue weighted by molar-refractivity contribution is 5.77. The number of hydrogen-bond donors (Lipinski definition) is 0. The van der Waals surface area contributed by atoms with Gasteiger partial charge >= 0.3 is 35.8 Å². The summed E-state index contributed by atoms with van der Waals surface area (Å²) in [6.45, 7) is 15.1. The molecule has 0 aromatic heterocycles. The van der Waals surface area contributed by atoms with E-state index in [0.29, 0.717) is 42.8 Å². The number of rotatable bonds is 23. The molecular formula is C63H102O15. The standard InChI is InChI=1S/C22H36O5.C21H34O5.C20H32O5/c1-4-22(2,3)21(24)27-19-12-16-10-17(19)18(11-16)20(23)26-14-25-13-15-8-6-5-7-9-15;1-3-14(2)20(22)26-19-11-16-9-17(19)18(10-16)21(23)25-13-24-12-15-7-5-4-6-8-15;1-3-13(2)19(21)25-18-11-14-9-16(18)17(10-14)20(22)24-12-23-15-7-5-4-6-8-15/h15-19H,4-14H2,1-3H3;14-19H,3-13H2,1-2H3;13-18H,3-12H2,1-2H3. The first-order valence-electron chi connectivity index (χ1n) is 31.5. The van der Waals surface area contributed by atoms with Crippen molar-refractivity contribution in [3.8, 4) is 0 Å². The Balaban J connectivity index is 0.000000170. The fraction of sp³-hybridized carbons (Fsp3) is 0.905. The van der Waals surface area contributed by atoms with Crippen LogP contribution < -0.4 is 0 Å². The number of carbonyl (C=O) groups excluding carboxylic acids is 6. The first-order chi connectivity index (χ1) is 37.6. The molecule has 0 amide bonds. The predicted molar refractivity (Wildman–Crippen MR) is 291 cm³/mol. The molecule has 0 radical (unpaired) electrons. The minimum Gasteiger partial charge on any atom is -0.462 e. The largest absolute Gasteiger partial charge is 0.462 e. The topological polar surface area (TPSA) is 185 Å². The molecule has 9 aliphatic rings. The fourth-order valence-electron chi connectivity index (χ4n) is 14.5. The van der Waals surface area contributed by atoms with Crippen LogP contribution in [0.15, 0.2) is 0 Å². The lowest BCUT2D eigenvalue weighted by Gasteiger charge is -2.31. The van der Waals surface area contributed by atoms with E-state index >= 15 is 0 Å². The van der Waals surface area contributed by atoms with Crippen LogP contribution in [0.25, 0.3) is 0 Å². The lowest BCUT2D eigenvalue weighted by molar-refractivity contribution is -0.174. The molecule has 15 heteroatoms. The fourth-order valence-corrected chi connectivity index (χ4v) is 14.5. The third kappa shape index (κ3) is 17.6. The number of esters is 6. The summed E-state index contributed by atoms with van der Waals surface area (Å²) in [5, 5.41) is 0. The van der Waals surface area contributed by atoms with E-state index in [9.17, 15) is 28.8 Å². The maximum Gasteiger partial charge on any atom is 0.311 e. The highest BCUT2D eigenvalue weighted by atomic mass is 16.7. The van der Waals surface area contributed by atoms with Crippen molar-refractivity contribution in [2.75, 3.05) is 33.6 Å². The molecule has 9 saturated carbocycles. The van der Waals surface area contributed by atoms with Gasteiger partial charge in [0.1, 0.15) is 18.3 Å². The third-order valence-electron chi connectivity index (χ3n) is 20.2. The Morgan fingerprint density at radius 2 is 0.808 bits per heavy atom. The van der Waals surface area contributed by atoms with Crippen molar-refractivity contribution in [3.05, 3.63) is 0 Å². The summed E-state index contributed by atoms with van der Waals surface area (Å²) < 4.78 is 50.3. The average Bonchev–Trinajstić information content (AvgIpc) is 4.42. The van der Waals surface area contributed by atoms with Gasteiger partial charge in [0.25, 0.3) is 0 Å². The molecule has 0 aliphatic heterocycles. The van der Waals surface area contributed by atoms with Crippen LogP contribution in [0.4, 0.5) is 0 Å². The molecule has 78 heavy (non-hydrogen) atoms. The van der Waals surface area contributed by atoms with Gasteiger partial charge in [-0.2, -0.15) is 0 Å². The zero-order valence-electron chi connectivity index (χ0n) is 49.1. The Labute approximate surface area is 467 Å². The smallest absolute Gasteiger partial charge is 0.311 e. The van der Waals surface area contributed by atoms with Gasteiger partial charge in [-0.05, 0) is 159 Å². The van der Waals surface area contributed by atoms with Crippen molar-refractivity contribution < 1.29 is 71.4 Å². The number of carbonyl (C=O) groups is 6. The second kappa shape index (κ2) is 30.7. The lowest BCUT2D eigenvalue weighted by atomic mass is 9.86. The van der Waals surface area contributed by atoms with Gasteiger partial charge in [-0.3, -0.25) is 28.8 Å². The van der Waals surface area contributed by atoms with Crippen LogP contribution in [0.5, 0.6) is 0 Å². The minimum absolute atomic E-state index is 0.0521. The Morgan fingerprint density at radius 1 is 0.449 bits per heavy atom. The van der Waals surface area contributed by atoms with Gasteiger partial charge in [0.2, 0.25) is 0 Å². The van der Waals surface area contributed by atoms with E-state index in [1.807, 2.05) is 48.5 Å². The Hall–Kier alpha value is -3.30. The predicted octanol–water partition coefficient (Wildman–Crippen LogP) is 12.4. The van der Waals surface area contributed by atoms with Gasteiger partial charge in [0.15, 0.2) is 20.4 Å². The minimum atomic E-state index is -0.467. The maximum absolute atomic E-state index is 12.5. The van der Waals surface area contributed by atoms with Gasteiger partial charge in [-0.25, -0.2) is 0 Å². The van der Waals surface area contributed by atoms with Gasteiger partial charge in [-0.15, -0.1) is 0 Å². The first-order valence-corrected chi connectivity index (χ1v) is 31.5. The van der Waals surface area contributed by atoms with Crippen molar-refractivity contribution in [1.82, 2.24) is 0 Å². The van der Waals surface area contributed by atoms with E-state index in [1.54, 1.807) is 0 Å². The number of fused-ring (bicyclic) bond motifs is 6. The first kappa shape index (κ1) is 62.3. The van der Waals surface area contributed by atoms with Crippen molar-refractivity contribution >= 4 is 35.8 Å².